The molecule has 1 aliphatic rings. The molecule has 4 heteroatoms. The Morgan fingerprint density at radius 3 is 2.88 bits per heavy atom. The standard InChI is InChI=1S/C13H16N2OS/c1-13(14,8-3-4-8)12-15-10-6-5-9(16-2)7-11(10)17-12/h5-8H,3-4,14H2,1-2H3. The Morgan fingerprint density at radius 2 is 2.24 bits per heavy atom. The van der Waals surface area contributed by atoms with Crippen molar-refractivity contribution < 1.29 is 4.74 Å². The summed E-state index contributed by atoms with van der Waals surface area (Å²) in [5, 5.41) is 1.04. The molecule has 17 heavy (non-hydrogen) atoms. The lowest BCUT2D eigenvalue weighted by molar-refractivity contribution is 0.415. The maximum Gasteiger partial charge on any atom is 0.120 e. The first-order valence-electron chi connectivity index (χ1n) is 5.85. The third kappa shape index (κ3) is 1.81. The van der Waals surface area contributed by atoms with Gasteiger partial charge in [-0.05, 0) is 43.9 Å². The second-order valence-electron chi connectivity index (χ2n) is 4.91. The van der Waals surface area contributed by atoms with Crippen LogP contribution in [0, 0.1) is 5.92 Å². The van der Waals surface area contributed by atoms with Crippen LogP contribution in [-0.4, -0.2) is 12.1 Å². The van der Waals surface area contributed by atoms with Crippen molar-refractivity contribution in [2.24, 2.45) is 11.7 Å². The van der Waals surface area contributed by atoms with Gasteiger partial charge in [-0.15, -0.1) is 11.3 Å². The van der Waals surface area contributed by atoms with Crippen LogP contribution in [0.4, 0.5) is 0 Å². The molecule has 1 heterocycles. The molecule has 2 aromatic rings. The Balaban J connectivity index is 2.06. The van der Waals surface area contributed by atoms with Crippen molar-refractivity contribution in [1.29, 1.82) is 0 Å². The van der Waals surface area contributed by atoms with E-state index < -0.39 is 0 Å². The Labute approximate surface area is 105 Å². The van der Waals surface area contributed by atoms with E-state index in [1.165, 1.54) is 12.8 Å². The number of fused-ring (bicyclic) bond motifs is 1. The topological polar surface area (TPSA) is 48.1 Å². The molecule has 1 unspecified atom stereocenters. The minimum Gasteiger partial charge on any atom is -0.497 e. The smallest absolute Gasteiger partial charge is 0.120 e. The van der Waals surface area contributed by atoms with Crippen LogP contribution in [0.1, 0.15) is 24.8 Å². The molecule has 1 atom stereocenters. The first kappa shape index (κ1) is 11.0. The lowest BCUT2D eigenvalue weighted by atomic mass is 9.99. The zero-order valence-corrected chi connectivity index (χ0v) is 10.9. The normalized spacial score (nSPS) is 19.2. The van der Waals surface area contributed by atoms with Gasteiger partial charge in [0.15, 0.2) is 0 Å². The summed E-state index contributed by atoms with van der Waals surface area (Å²) in [5.41, 5.74) is 7.14. The first-order valence-corrected chi connectivity index (χ1v) is 6.67. The monoisotopic (exact) mass is 248 g/mol. The number of aromatic nitrogens is 1. The van der Waals surface area contributed by atoms with Crippen LogP contribution in [0.15, 0.2) is 18.2 Å². The van der Waals surface area contributed by atoms with E-state index in [0.717, 1.165) is 21.0 Å². The van der Waals surface area contributed by atoms with Crippen LogP contribution in [0.2, 0.25) is 0 Å². The van der Waals surface area contributed by atoms with E-state index in [1.807, 2.05) is 18.2 Å². The molecular formula is C13H16N2OS. The van der Waals surface area contributed by atoms with Gasteiger partial charge in [0.1, 0.15) is 10.8 Å². The van der Waals surface area contributed by atoms with Crippen LogP contribution in [0.25, 0.3) is 10.2 Å². The van der Waals surface area contributed by atoms with Crippen molar-refractivity contribution in [3.63, 3.8) is 0 Å². The first-order chi connectivity index (χ1) is 8.11. The zero-order valence-electron chi connectivity index (χ0n) is 10.1. The van der Waals surface area contributed by atoms with Crippen molar-refractivity contribution in [3.8, 4) is 5.75 Å². The maximum absolute atomic E-state index is 6.39. The number of hydrogen-bond donors (Lipinski definition) is 1. The summed E-state index contributed by atoms with van der Waals surface area (Å²) in [6.45, 7) is 2.10. The van der Waals surface area contributed by atoms with Gasteiger partial charge < -0.3 is 10.5 Å². The molecule has 90 valence electrons. The summed E-state index contributed by atoms with van der Waals surface area (Å²) >= 11 is 1.69. The van der Waals surface area contributed by atoms with E-state index in [0.29, 0.717) is 5.92 Å². The molecule has 0 aliphatic heterocycles. The summed E-state index contributed by atoms with van der Waals surface area (Å²) in [5.74, 6) is 1.47. The number of benzene rings is 1. The molecule has 3 nitrogen and oxygen atoms in total. The van der Waals surface area contributed by atoms with Gasteiger partial charge in [0.2, 0.25) is 0 Å². The summed E-state index contributed by atoms with van der Waals surface area (Å²) in [4.78, 5) is 4.66. The Hall–Kier alpha value is -1.13. The Morgan fingerprint density at radius 1 is 1.47 bits per heavy atom. The van der Waals surface area contributed by atoms with Crippen LogP contribution >= 0.6 is 11.3 Å². The van der Waals surface area contributed by atoms with Gasteiger partial charge in [-0.25, -0.2) is 4.98 Å². The van der Waals surface area contributed by atoms with Crippen LogP contribution in [0.5, 0.6) is 5.75 Å². The fourth-order valence-corrected chi connectivity index (χ4v) is 3.25. The van der Waals surface area contributed by atoms with Gasteiger partial charge in [-0.2, -0.15) is 0 Å². The maximum atomic E-state index is 6.39. The molecule has 0 spiro atoms. The lowest BCUT2D eigenvalue weighted by Crippen LogP contribution is -2.35. The van der Waals surface area contributed by atoms with Gasteiger partial charge in [0.25, 0.3) is 0 Å². The van der Waals surface area contributed by atoms with Gasteiger partial charge >= 0.3 is 0 Å². The molecule has 1 aromatic carbocycles. The fraction of sp³-hybridized carbons (Fsp3) is 0.462. The average molecular weight is 248 g/mol. The number of nitrogens with zero attached hydrogens (tertiary/aromatic N) is 1. The van der Waals surface area contributed by atoms with E-state index in [-0.39, 0.29) is 5.54 Å². The summed E-state index contributed by atoms with van der Waals surface area (Å²) < 4.78 is 6.37. The number of rotatable bonds is 3. The molecule has 1 aliphatic carbocycles. The highest BCUT2D eigenvalue weighted by atomic mass is 32.1. The van der Waals surface area contributed by atoms with Crippen LogP contribution in [0.3, 0.4) is 0 Å². The highest BCUT2D eigenvalue weighted by Gasteiger charge is 2.41. The van der Waals surface area contributed by atoms with E-state index in [1.54, 1.807) is 18.4 Å². The highest BCUT2D eigenvalue weighted by Crippen LogP contribution is 2.45. The molecule has 1 saturated carbocycles. The van der Waals surface area contributed by atoms with Gasteiger partial charge in [0, 0.05) is 0 Å². The average Bonchev–Trinajstić information content (AvgIpc) is 3.08. The fourth-order valence-electron chi connectivity index (χ4n) is 2.12. The Bertz CT molecular complexity index is 558. The van der Waals surface area contributed by atoms with Crippen LogP contribution < -0.4 is 10.5 Å². The van der Waals surface area contributed by atoms with E-state index in [2.05, 4.69) is 11.9 Å². The minimum atomic E-state index is -0.267. The van der Waals surface area contributed by atoms with Crippen molar-refractivity contribution >= 4 is 21.6 Å². The number of ether oxygens (including phenoxy) is 1. The molecule has 0 bridgehead atoms. The molecule has 0 amide bonds. The third-order valence-corrected chi connectivity index (χ3v) is 4.75. The minimum absolute atomic E-state index is 0.267. The van der Waals surface area contributed by atoms with Crippen molar-refractivity contribution in [2.45, 2.75) is 25.3 Å². The summed E-state index contributed by atoms with van der Waals surface area (Å²) in [7, 11) is 1.68. The zero-order chi connectivity index (χ0) is 12.0. The quantitative estimate of drug-likeness (QED) is 0.908. The molecule has 3 rings (SSSR count). The number of hydrogen-bond acceptors (Lipinski definition) is 4. The molecule has 2 N–H and O–H groups in total. The lowest BCUT2D eigenvalue weighted by Gasteiger charge is -2.20. The molecule has 0 radical (unpaired) electrons. The SMILES string of the molecule is COc1ccc2nc(C(C)(N)C3CC3)sc2c1. The van der Waals surface area contributed by atoms with Crippen molar-refractivity contribution in [3.05, 3.63) is 23.2 Å². The van der Waals surface area contributed by atoms with E-state index in [4.69, 9.17) is 10.5 Å². The Kier molecular flexibility index (Phi) is 2.38. The largest absolute Gasteiger partial charge is 0.497 e. The van der Waals surface area contributed by atoms with Gasteiger partial charge in [-0.1, -0.05) is 0 Å². The van der Waals surface area contributed by atoms with Crippen molar-refractivity contribution in [1.82, 2.24) is 4.98 Å². The van der Waals surface area contributed by atoms with E-state index >= 15 is 0 Å². The molecule has 1 fully saturated rings. The van der Waals surface area contributed by atoms with Gasteiger partial charge in [0.05, 0.1) is 22.9 Å². The number of methoxy groups -OCH3 is 1. The van der Waals surface area contributed by atoms with Crippen molar-refractivity contribution in [2.75, 3.05) is 7.11 Å². The predicted molar refractivity (Wildman–Crippen MR) is 70.4 cm³/mol. The molecule has 0 saturated heterocycles. The predicted octanol–water partition coefficient (Wildman–Crippen LogP) is 2.89. The van der Waals surface area contributed by atoms with Gasteiger partial charge in [-0.3, -0.25) is 0 Å². The summed E-state index contributed by atoms with van der Waals surface area (Å²) in [6, 6.07) is 5.97. The number of nitrogens with two attached hydrogens (primary N) is 1. The third-order valence-electron chi connectivity index (χ3n) is 3.48. The van der Waals surface area contributed by atoms with E-state index in [9.17, 15) is 0 Å². The molecule has 1 aromatic heterocycles. The molecular weight excluding hydrogens is 232 g/mol. The second kappa shape index (κ2) is 3.68. The second-order valence-corrected chi connectivity index (χ2v) is 5.94. The highest BCUT2D eigenvalue weighted by molar-refractivity contribution is 7.18. The number of thiazole rings is 1. The van der Waals surface area contributed by atoms with Crippen LogP contribution in [-0.2, 0) is 5.54 Å². The summed E-state index contributed by atoms with van der Waals surface area (Å²) in [6.07, 6.45) is 2.46.